The van der Waals surface area contributed by atoms with Crippen molar-refractivity contribution < 1.29 is 9.90 Å². The van der Waals surface area contributed by atoms with Gasteiger partial charge < -0.3 is 14.2 Å². The van der Waals surface area contributed by atoms with Crippen molar-refractivity contribution in [2.75, 3.05) is 13.2 Å². The van der Waals surface area contributed by atoms with E-state index in [-0.39, 0.29) is 18.9 Å². The Labute approximate surface area is 154 Å². The van der Waals surface area contributed by atoms with Crippen LogP contribution in [-0.2, 0) is 13.6 Å². The highest BCUT2D eigenvalue weighted by atomic mass is 79.9. The highest BCUT2D eigenvalue weighted by molar-refractivity contribution is 9.10. The Bertz CT molecular complexity index is 955. The van der Waals surface area contributed by atoms with Gasteiger partial charge in [0, 0.05) is 30.2 Å². The van der Waals surface area contributed by atoms with Crippen molar-refractivity contribution in [3.8, 4) is 0 Å². The fourth-order valence-corrected chi connectivity index (χ4v) is 3.10. The number of imidazole rings is 1. The molecule has 6 heteroatoms. The van der Waals surface area contributed by atoms with Gasteiger partial charge in [0.05, 0.1) is 17.6 Å². The molecule has 2 aromatic carbocycles. The van der Waals surface area contributed by atoms with Crippen LogP contribution in [0.15, 0.2) is 58.0 Å². The topological polar surface area (TPSA) is 59.5 Å². The Morgan fingerprint density at radius 2 is 1.80 bits per heavy atom. The predicted octanol–water partition coefficient (Wildman–Crippen LogP) is 2.91. The van der Waals surface area contributed by atoms with Crippen LogP contribution in [0.3, 0.4) is 0 Å². The molecule has 0 aliphatic heterocycles. The van der Waals surface area contributed by atoms with E-state index < -0.39 is 0 Å². The van der Waals surface area contributed by atoms with E-state index in [9.17, 15) is 4.79 Å². The standard InChI is InChI=1S/C19H20BrN3O2/c1-22-16-5-2-3-6-17(16)23(19(22)21-11-4-12-24)13-18(25)14-7-9-15(20)10-8-14/h2-3,5-10,24H,4,11-13H2,1H3. The fourth-order valence-electron chi connectivity index (χ4n) is 2.84. The maximum absolute atomic E-state index is 12.7. The molecule has 0 atom stereocenters. The lowest BCUT2D eigenvalue weighted by Crippen LogP contribution is -2.28. The summed E-state index contributed by atoms with van der Waals surface area (Å²) in [6, 6.07) is 15.3. The van der Waals surface area contributed by atoms with Crippen molar-refractivity contribution in [3.05, 3.63) is 64.2 Å². The first-order chi connectivity index (χ1) is 12.1. The molecule has 0 fully saturated rings. The van der Waals surface area contributed by atoms with E-state index in [1.807, 2.05) is 64.7 Å². The quantitative estimate of drug-likeness (QED) is 0.509. The number of carbonyl (C=O) groups is 1. The van der Waals surface area contributed by atoms with E-state index in [4.69, 9.17) is 5.11 Å². The summed E-state index contributed by atoms with van der Waals surface area (Å²) in [5, 5.41) is 9.01. The van der Waals surface area contributed by atoms with Crippen molar-refractivity contribution in [2.24, 2.45) is 12.0 Å². The number of para-hydroxylation sites is 2. The zero-order valence-corrected chi connectivity index (χ0v) is 15.6. The number of aliphatic hydroxyl groups excluding tert-OH is 1. The summed E-state index contributed by atoms with van der Waals surface area (Å²) in [4.78, 5) is 17.3. The maximum Gasteiger partial charge on any atom is 0.206 e. The van der Waals surface area contributed by atoms with E-state index >= 15 is 0 Å². The van der Waals surface area contributed by atoms with Crippen LogP contribution in [0.2, 0.25) is 0 Å². The van der Waals surface area contributed by atoms with E-state index in [1.54, 1.807) is 0 Å². The molecule has 0 spiro atoms. The Balaban J connectivity index is 2.04. The lowest BCUT2D eigenvalue weighted by atomic mass is 10.1. The Morgan fingerprint density at radius 3 is 2.48 bits per heavy atom. The number of rotatable bonds is 6. The van der Waals surface area contributed by atoms with Gasteiger partial charge >= 0.3 is 0 Å². The third-order valence-corrected chi connectivity index (χ3v) is 4.64. The number of nitrogens with zero attached hydrogens (tertiary/aromatic N) is 3. The molecule has 1 heterocycles. The largest absolute Gasteiger partial charge is 0.396 e. The van der Waals surface area contributed by atoms with Gasteiger partial charge in [0.1, 0.15) is 0 Å². The summed E-state index contributed by atoms with van der Waals surface area (Å²) in [7, 11) is 1.95. The monoisotopic (exact) mass is 401 g/mol. The van der Waals surface area contributed by atoms with Gasteiger partial charge in [-0.1, -0.05) is 40.2 Å². The van der Waals surface area contributed by atoms with E-state index in [0.29, 0.717) is 18.5 Å². The molecule has 0 saturated carbocycles. The van der Waals surface area contributed by atoms with Gasteiger partial charge in [-0.25, -0.2) is 0 Å². The summed E-state index contributed by atoms with van der Waals surface area (Å²) in [5.74, 6) is 0.0347. The molecular weight excluding hydrogens is 382 g/mol. The average molecular weight is 402 g/mol. The maximum atomic E-state index is 12.7. The fraction of sp³-hybridized carbons (Fsp3) is 0.263. The van der Waals surface area contributed by atoms with Crippen LogP contribution in [0.1, 0.15) is 16.8 Å². The van der Waals surface area contributed by atoms with Gasteiger partial charge in [0.25, 0.3) is 0 Å². The molecule has 1 aromatic heterocycles. The molecule has 0 aliphatic carbocycles. The number of hydrogen-bond donors (Lipinski definition) is 1. The third kappa shape index (κ3) is 3.75. The number of ketones is 1. The van der Waals surface area contributed by atoms with Crippen LogP contribution in [0, 0.1) is 0 Å². The second kappa shape index (κ2) is 7.80. The molecule has 5 nitrogen and oxygen atoms in total. The number of benzene rings is 2. The number of aliphatic hydroxyl groups is 1. The van der Waals surface area contributed by atoms with E-state index in [2.05, 4.69) is 20.9 Å². The lowest BCUT2D eigenvalue weighted by molar-refractivity contribution is 0.0971. The number of Topliss-reactive ketones (excluding diaryl/α,β-unsaturated/α-hetero) is 1. The minimum atomic E-state index is 0.0347. The molecule has 1 N–H and O–H groups in total. The van der Waals surface area contributed by atoms with Crippen LogP contribution in [0.5, 0.6) is 0 Å². The molecule has 0 bridgehead atoms. The van der Waals surface area contributed by atoms with Crippen LogP contribution >= 0.6 is 15.9 Å². The van der Waals surface area contributed by atoms with Crippen LogP contribution in [0.4, 0.5) is 0 Å². The van der Waals surface area contributed by atoms with Gasteiger partial charge in [0.2, 0.25) is 5.62 Å². The molecule has 3 rings (SSSR count). The smallest absolute Gasteiger partial charge is 0.206 e. The molecule has 25 heavy (non-hydrogen) atoms. The van der Waals surface area contributed by atoms with Crippen molar-refractivity contribution in [1.82, 2.24) is 9.13 Å². The normalized spacial score (nSPS) is 12.0. The minimum absolute atomic E-state index is 0.0347. The zero-order chi connectivity index (χ0) is 17.8. The van der Waals surface area contributed by atoms with Crippen molar-refractivity contribution in [2.45, 2.75) is 13.0 Å². The first kappa shape index (κ1) is 17.6. The SMILES string of the molecule is Cn1c(=NCCCO)n(CC(=O)c2ccc(Br)cc2)c2ccccc21. The number of carbonyl (C=O) groups excluding carboxylic acids is 1. The molecule has 0 unspecified atom stereocenters. The van der Waals surface area contributed by atoms with E-state index in [0.717, 1.165) is 21.1 Å². The van der Waals surface area contributed by atoms with Gasteiger partial charge in [-0.3, -0.25) is 9.79 Å². The number of aryl methyl sites for hydroxylation is 1. The molecule has 0 aliphatic rings. The van der Waals surface area contributed by atoms with Crippen LogP contribution < -0.4 is 5.62 Å². The van der Waals surface area contributed by atoms with Gasteiger partial charge in [-0.2, -0.15) is 0 Å². The van der Waals surface area contributed by atoms with Crippen LogP contribution in [-0.4, -0.2) is 33.2 Å². The first-order valence-electron chi connectivity index (χ1n) is 8.16. The Morgan fingerprint density at radius 1 is 1.12 bits per heavy atom. The average Bonchev–Trinajstić information content (AvgIpc) is 2.88. The highest BCUT2D eigenvalue weighted by Crippen LogP contribution is 2.14. The zero-order valence-electron chi connectivity index (χ0n) is 14.0. The summed E-state index contributed by atoms with van der Waals surface area (Å²) < 4.78 is 4.88. The summed E-state index contributed by atoms with van der Waals surface area (Å²) in [5.41, 5.74) is 3.40. The summed E-state index contributed by atoms with van der Waals surface area (Å²) in [6.45, 7) is 0.847. The van der Waals surface area contributed by atoms with Gasteiger partial charge in [-0.15, -0.1) is 0 Å². The van der Waals surface area contributed by atoms with Crippen LogP contribution in [0.25, 0.3) is 11.0 Å². The van der Waals surface area contributed by atoms with Crippen molar-refractivity contribution in [3.63, 3.8) is 0 Å². The molecule has 130 valence electrons. The minimum Gasteiger partial charge on any atom is -0.396 e. The highest BCUT2D eigenvalue weighted by Gasteiger charge is 2.13. The molecule has 0 saturated heterocycles. The number of fused-ring (bicyclic) bond motifs is 1. The van der Waals surface area contributed by atoms with Crippen molar-refractivity contribution >= 4 is 32.7 Å². The number of aromatic nitrogens is 2. The second-order valence-electron chi connectivity index (χ2n) is 5.82. The molecule has 3 aromatic rings. The van der Waals surface area contributed by atoms with Gasteiger partial charge in [-0.05, 0) is 30.7 Å². The predicted molar refractivity (Wildman–Crippen MR) is 102 cm³/mol. The second-order valence-corrected chi connectivity index (χ2v) is 6.74. The molecule has 0 amide bonds. The van der Waals surface area contributed by atoms with E-state index in [1.165, 1.54) is 0 Å². The Kier molecular flexibility index (Phi) is 5.50. The first-order valence-corrected chi connectivity index (χ1v) is 8.95. The summed E-state index contributed by atoms with van der Waals surface area (Å²) >= 11 is 3.39. The number of hydrogen-bond acceptors (Lipinski definition) is 3. The van der Waals surface area contributed by atoms with Gasteiger partial charge in [0.15, 0.2) is 5.78 Å². The molecular formula is C19H20BrN3O2. The number of halogens is 1. The Hall–Kier alpha value is -2.18. The van der Waals surface area contributed by atoms with Crippen molar-refractivity contribution in [1.29, 1.82) is 0 Å². The lowest BCUT2D eigenvalue weighted by Gasteiger charge is -2.05. The molecule has 0 radical (unpaired) electrons. The summed E-state index contributed by atoms with van der Waals surface area (Å²) in [6.07, 6.45) is 0.599. The third-order valence-electron chi connectivity index (χ3n) is 4.11.